The van der Waals surface area contributed by atoms with Crippen molar-refractivity contribution in [2.75, 3.05) is 4.90 Å². The zero-order valence-electron chi connectivity index (χ0n) is 17.2. The number of benzene rings is 3. The van der Waals surface area contributed by atoms with Crippen molar-refractivity contribution < 1.29 is 19.3 Å². The number of aryl methyl sites for hydroxylation is 1. The van der Waals surface area contributed by atoms with E-state index in [4.69, 9.17) is 17.0 Å². The minimum absolute atomic E-state index is 0.00739. The van der Waals surface area contributed by atoms with E-state index in [-0.39, 0.29) is 23.4 Å². The van der Waals surface area contributed by atoms with Crippen LogP contribution in [0.25, 0.3) is 0 Å². The first kappa shape index (κ1) is 21.1. The van der Waals surface area contributed by atoms with E-state index in [0.717, 1.165) is 24.1 Å². The summed E-state index contributed by atoms with van der Waals surface area (Å²) < 4.78 is 19.4. The standard InChI is InChI=1S/C25H24FNO3S/c1-25(15-5-6-17-9-11-18(26)12-10-17)23(21-14-13-20(28)16-22(21)29)27(24(31)30-25)19-7-3-2-4-8-19/h2-4,7-14,16,23,28-29H,5-6,15H2,1H3/t23-,25-/m1/s1. The molecule has 1 aliphatic heterocycles. The monoisotopic (exact) mass is 437 g/mol. The molecular weight excluding hydrogens is 413 g/mol. The van der Waals surface area contributed by atoms with Crippen LogP contribution < -0.4 is 4.90 Å². The summed E-state index contributed by atoms with van der Waals surface area (Å²) in [6, 6.07) is 20.4. The number of phenols is 2. The number of aromatic hydroxyl groups is 2. The molecule has 31 heavy (non-hydrogen) atoms. The molecule has 0 aliphatic carbocycles. The van der Waals surface area contributed by atoms with Gasteiger partial charge in [-0.15, -0.1) is 0 Å². The number of para-hydroxylation sites is 1. The number of ether oxygens (including phenoxy) is 1. The van der Waals surface area contributed by atoms with Crippen LogP contribution in [-0.4, -0.2) is 21.0 Å². The zero-order chi connectivity index (χ0) is 22.0. The van der Waals surface area contributed by atoms with Gasteiger partial charge >= 0.3 is 0 Å². The lowest BCUT2D eigenvalue weighted by Crippen LogP contribution is -2.36. The van der Waals surface area contributed by atoms with Gasteiger partial charge in [0.2, 0.25) is 0 Å². The Morgan fingerprint density at radius 2 is 1.74 bits per heavy atom. The SMILES string of the molecule is C[C@]1(CCCc2ccc(F)cc2)OC(=S)N(c2ccccc2)[C@@H]1c1ccc(O)cc1O. The lowest BCUT2D eigenvalue weighted by atomic mass is 9.84. The molecule has 0 radical (unpaired) electrons. The molecule has 0 unspecified atom stereocenters. The van der Waals surface area contributed by atoms with Gasteiger partial charge in [0, 0.05) is 17.3 Å². The van der Waals surface area contributed by atoms with Crippen LogP contribution in [0.3, 0.4) is 0 Å². The zero-order valence-corrected chi connectivity index (χ0v) is 18.0. The number of anilines is 1. The van der Waals surface area contributed by atoms with E-state index in [1.165, 1.54) is 18.2 Å². The van der Waals surface area contributed by atoms with Gasteiger partial charge in [-0.05, 0) is 80.4 Å². The highest BCUT2D eigenvalue weighted by molar-refractivity contribution is 7.80. The van der Waals surface area contributed by atoms with E-state index >= 15 is 0 Å². The van der Waals surface area contributed by atoms with Crippen molar-refractivity contribution in [3.8, 4) is 11.5 Å². The number of halogens is 1. The van der Waals surface area contributed by atoms with Crippen LogP contribution in [0.15, 0.2) is 72.8 Å². The summed E-state index contributed by atoms with van der Waals surface area (Å²) in [6.07, 6.45) is 2.23. The second kappa shape index (κ2) is 8.55. The second-order valence-electron chi connectivity index (χ2n) is 8.01. The molecule has 4 rings (SSSR count). The molecule has 1 fully saturated rings. The van der Waals surface area contributed by atoms with Gasteiger partial charge < -0.3 is 14.9 Å². The summed E-state index contributed by atoms with van der Waals surface area (Å²) in [5.41, 5.74) is 1.84. The topological polar surface area (TPSA) is 52.9 Å². The van der Waals surface area contributed by atoms with Crippen LogP contribution in [-0.2, 0) is 11.2 Å². The molecule has 2 atom stereocenters. The molecule has 6 heteroatoms. The maximum absolute atomic E-state index is 13.2. The fourth-order valence-corrected chi connectivity index (χ4v) is 4.64. The Labute approximate surface area is 186 Å². The Bertz CT molecular complexity index is 1070. The fraction of sp³-hybridized carbons (Fsp3) is 0.240. The van der Waals surface area contributed by atoms with Crippen molar-refractivity contribution in [3.63, 3.8) is 0 Å². The highest BCUT2D eigenvalue weighted by Gasteiger charge is 2.50. The number of thiocarbonyl (C=S) groups is 1. The second-order valence-corrected chi connectivity index (χ2v) is 8.36. The van der Waals surface area contributed by atoms with Crippen LogP contribution in [0.5, 0.6) is 11.5 Å². The molecule has 0 amide bonds. The van der Waals surface area contributed by atoms with Gasteiger partial charge in [-0.25, -0.2) is 4.39 Å². The predicted molar refractivity (Wildman–Crippen MR) is 123 cm³/mol. The minimum atomic E-state index is -0.707. The Balaban J connectivity index is 1.65. The fourth-order valence-electron chi connectivity index (χ4n) is 4.24. The molecule has 3 aromatic rings. The first-order valence-electron chi connectivity index (χ1n) is 10.2. The Morgan fingerprint density at radius 1 is 1.03 bits per heavy atom. The van der Waals surface area contributed by atoms with Crippen molar-refractivity contribution in [2.24, 2.45) is 0 Å². The molecule has 1 heterocycles. The molecule has 1 saturated heterocycles. The number of hydrogen-bond acceptors (Lipinski definition) is 4. The lowest BCUT2D eigenvalue weighted by molar-refractivity contribution is 0.0739. The summed E-state index contributed by atoms with van der Waals surface area (Å²) in [5, 5.41) is 20.8. The molecule has 0 spiro atoms. The van der Waals surface area contributed by atoms with Crippen LogP contribution in [0, 0.1) is 5.82 Å². The van der Waals surface area contributed by atoms with E-state index in [1.54, 1.807) is 24.3 Å². The molecule has 4 nitrogen and oxygen atoms in total. The third-order valence-corrected chi connectivity index (χ3v) is 6.03. The first-order chi connectivity index (χ1) is 14.9. The summed E-state index contributed by atoms with van der Waals surface area (Å²) >= 11 is 5.61. The lowest BCUT2D eigenvalue weighted by Gasteiger charge is -2.33. The molecule has 2 N–H and O–H groups in total. The quantitative estimate of drug-likeness (QED) is 0.472. The Hall–Kier alpha value is -3.12. The van der Waals surface area contributed by atoms with Crippen LogP contribution in [0.4, 0.5) is 10.1 Å². The minimum Gasteiger partial charge on any atom is -0.508 e. The molecular formula is C25H24FNO3S. The van der Waals surface area contributed by atoms with Gasteiger partial charge in [0.15, 0.2) is 0 Å². The summed E-state index contributed by atoms with van der Waals surface area (Å²) in [4.78, 5) is 1.92. The van der Waals surface area contributed by atoms with Gasteiger partial charge in [0.25, 0.3) is 5.17 Å². The van der Waals surface area contributed by atoms with Gasteiger partial charge in [-0.3, -0.25) is 4.90 Å². The molecule has 0 bridgehead atoms. The van der Waals surface area contributed by atoms with Gasteiger partial charge in [0.1, 0.15) is 29.0 Å². The normalized spacial score (nSPS) is 20.6. The van der Waals surface area contributed by atoms with Crippen LogP contribution in [0.1, 0.15) is 36.9 Å². The van der Waals surface area contributed by atoms with Crippen molar-refractivity contribution in [1.82, 2.24) is 0 Å². The van der Waals surface area contributed by atoms with Crippen LogP contribution >= 0.6 is 12.2 Å². The highest BCUT2D eigenvalue weighted by atomic mass is 32.1. The molecule has 0 aromatic heterocycles. The molecule has 0 saturated carbocycles. The highest BCUT2D eigenvalue weighted by Crippen LogP contribution is 2.49. The predicted octanol–water partition coefficient (Wildman–Crippen LogP) is 5.88. The van der Waals surface area contributed by atoms with Gasteiger partial charge in [-0.1, -0.05) is 30.3 Å². The Morgan fingerprint density at radius 3 is 2.42 bits per heavy atom. The maximum atomic E-state index is 13.2. The third-order valence-electron chi connectivity index (χ3n) is 5.75. The molecule has 160 valence electrons. The summed E-state index contributed by atoms with van der Waals surface area (Å²) in [7, 11) is 0. The number of rotatable bonds is 6. The van der Waals surface area contributed by atoms with E-state index in [2.05, 4.69) is 0 Å². The maximum Gasteiger partial charge on any atom is 0.265 e. The van der Waals surface area contributed by atoms with E-state index in [0.29, 0.717) is 17.2 Å². The van der Waals surface area contributed by atoms with Crippen molar-refractivity contribution in [1.29, 1.82) is 0 Å². The largest absolute Gasteiger partial charge is 0.508 e. The molecule has 3 aromatic carbocycles. The van der Waals surface area contributed by atoms with Crippen LogP contribution in [0.2, 0.25) is 0 Å². The third kappa shape index (κ3) is 4.35. The van der Waals surface area contributed by atoms with E-state index < -0.39 is 5.60 Å². The average Bonchev–Trinajstić information content (AvgIpc) is 3.00. The summed E-state index contributed by atoms with van der Waals surface area (Å²) in [6.45, 7) is 1.99. The van der Waals surface area contributed by atoms with Crippen molar-refractivity contribution >= 4 is 23.1 Å². The molecule has 1 aliphatic rings. The average molecular weight is 438 g/mol. The van der Waals surface area contributed by atoms with E-state index in [1.807, 2.05) is 42.2 Å². The van der Waals surface area contributed by atoms with Gasteiger partial charge in [-0.2, -0.15) is 0 Å². The van der Waals surface area contributed by atoms with Gasteiger partial charge in [0.05, 0.1) is 0 Å². The smallest absolute Gasteiger partial charge is 0.265 e. The van der Waals surface area contributed by atoms with Crippen molar-refractivity contribution in [2.45, 2.75) is 37.8 Å². The van der Waals surface area contributed by atoms with E-state index in [9.17, 15) is 14.6 Å². The number of nitrogens with zero attached hydrogens (tertiary/aromatic N) is 1. The summed E-state index contributed by atoms with van der Waals surface area (Å²) in [5.74, 6) is -0.266. The number of phenolic OH excluding ortho intramolecular Hbond substituents is 2. The Kier molecular flexibility index (Phi) is 5.83. The number of hydrogen-bond donors (Lipinski definition) is 2. The first-order valence-corrected chi connectivity index (χ1v) is 10.6. The van der Waals surface area contributed by atoms with Crippen molar-refractivity contribution in [3.05, 3.63) is 89.7 Å².